The third kappa shape index (κ3) is 4.64. The van der Waals surface area contributed by atoms with E-state index in [1.165, 1.54) is 19.2 Å². The lowest BCUT2D eigenvalue weighted by atomic mass is 10.1. The van der Waals surface area contributed by atoms with Gasteiger partial charge in [-0.1, -0.05) is 36.4 Å². The minimum absolute atomic E-state index is 0.0637. The molecule has 6 heteroatoms. The summed E-state index contributed by atoms with van der Waals surface area (Å²) in [6, 6.07) is 14.2. The minimum atomic E-state index is -3.43. The van der Waals surface area contributed by atoms with Crippen molar-refractivity contribution in [2.45, 2.75) is 24.8 Å². The number of sulfonamides is 1. The Labute approximate surface area is 136 Å². The Morgan fingerprint density at radius 2 is 1.70 bits per heavy atom. The van der Waals surface area contributed by atoms with Crippen LogP contribution in [0.15, 0.2) is 53.4 Å². The van der Waals surface area contributed by atoms with E-state index in [-0.39, 0.29) is 10.8 Å². The van der Waals surface area contributed by atoms with Crippen molar-refractivity contribution < 1.29 is 13.2 Å². The van der Waals surface area contributed by atoms with E-state index in [2.05, 4.69) is 10.0 Å². The maximum Gasteiger partial charge on any atom is 0.240 e. The molecule has 0 aliphatic carbocycles. The maximum atomic E-state index is 12.0. The van der Waals surface area contributed by atoms with Crippen LogP contribution in [0.2, 0.25) is 0 Å². The molecule has 0 saturated carbocycles. The Morgan fingerprint density at radius 3 is 2.30 bits per heavy atom. The molecule has 0 aliphatic heterocycles. The lowest BCUT2D eigenvalue weighted by Gasteiger charge is -2.08. The van der Waals surface area contributed by atoms with Crippen molar-refractivity contribution >= 4 is 15.9 Å². The first-order chi connectivity index (χ1) is 10.9. The number of benzene rings is 2. The number of amides is 1. The van der Waals surface area contributed by atoms with Gasteiger partial charge in [0.25, 0.3) is 0 Å². The lowest BCUT2D eigenvalue weighted by Crippen LogP contribution is -2.25. The predicted octanol–water partition coefficient (Wildman–Crippen LogP) is 1.76. The van der Waals surface area contributed by atoms with Crippen LogP contribution in [0.5, 0.6) is 0 Å². The molecule has 0 fully saturated rings. The highest BCUT2D eigenvalue weighted by Gasteiger charge is 2.10. The van der Waals surface area contributed by atoms with Crippen LogP contribution in [0.3, 0.4) is 0 Å². The van der Waals surface area contributed by atoms with Crippen LogP contribution in [0.25, 0.3) is 0 Å². The van der Waals surface area contributed by atoms with Crippen LogP contribution in [-0.2, 0) is 27.8 Å². The van der Waals surface area contributed by atoms with Gasteiger partial charge in [-0.25, -0.2) is 13.1 Å². The second kappa shape index (κ2) is 7.39. The molecule has 1 amide bonds. The maximum absolute atomic E-state index is 12.0. The van der Waals surface area contributed by atoms with E-state index < -0.39 is 10.0 Å². The number of nitrogens with one attached hydrogen (secondary N) is 2. The van der Waals surface area contributed by atoms with Crippen molar-refractivity contribution in [3.63, 3.8) is 0 Å². The molecule has 122 valence electrons. The molecule has 23 heavy (non-hydrogen) atoms. The smallest absolute Gasteiger partial charge is 0.240 e. The zero-order chi connectivity index (χ0) is 16.9. The number of aryl methyl sites for hydroxylation is 1. The molecule has 0 saturated heterocycles. The number of hydrogen-bond acceptors (Lipinski definition) is 3. The molecule has 0 spiro atoms. The molecule has 5 nitrogen and oxygen atoms in total. The zero-order valence-electron chi connectivity index (χ0n) is 13.2. The molecule has 2 N–H and O–H groups in total. The third-order valence-electron chi connectivity index (χ3n) is 3.60. The SMILES string of the molecule is CNS(=O)(=O)c1ccc(CNC(=O)Cc2ccccc2C)cc1. The molecular formula is C17H20N2O3S. The molecule has 0 radical (unpaired) electrons. The standard InChI is InChI=1S/C17H20N2O3S/c1-13-5-3-4-6-15(13)11-17(20)19-12-14-7-9-16(10-8-14)23(21,22)18-2/h3-10,18H,11-12H2,1-2H3,(H,19,20). The summed E-state index contributed by atoms with van der Waals surface area (Å²) in [5.41, 5.74) is 2.93. The van der Waals surface area contributed by atoms with Gasteiger partial charge in [0.15, 0.2) is 0 Å². The first-order valence-electron chi connectivity index (χ1n) is 7.26. The monoisotopic (exact) mass is 332 g/mol. The highest BCUT2D eigenvalue weighted by molar-refractivity contribution is 7.89. The fraction of sp³-hybridized carbons (Fsp3) is 0.235. The van der Waals surface area contributed by atoms with E-state index >= 15 is 0 Å². The topological polar surface area (TPSA) is 75.3 Å². The number of rotatable bonds is 6. The van der Waals surface area contributed by atoms with Crippen molar-refractivity contribution in [3.05, 3.63) is 65.2 Å². The van der Waals surface area contributed by atoms with Crippen LogP contribution >= 0.6 is 0 Å². The Bertz CT molecular complexity index is 784. The van der Waals surface area contributed by atoms with Crippen LogP contribution in [0.4, 0.5) is 0 Å². The molecule has 0 atom stereocenters. The van der Waals surface area contributed by atoms with Gasteiger partial charge in [-0.3, -0.25) is 4.79 Å². The molecule has 0 heterocycles. The van der Waals surface area contributed by atoms with Gasteiger partial charge >= 0.3 is 0 Å². The van der Waals surface area contributed by atoms with Gasteiger partial charge in [0.05, 0.1) is 11.3 Å². The average Bonchev–Trinajstić information content (AvgIpc) is 2.55. The summed E-state index contributed by atoms with van der Waals surface area (Å²) in [4.78, 5) is 12.2. The van der Waals surface area contributed by atoms with Crippen LogP contribution in [-0.4, -0.2) is 21.4 Å². The highest BCUT2D eigenvalue weighted by atomic mass is 32.2. The van der Waals surface area contributed by atoms with E-state index in [1.54, 1.807) is 12.1 Å². The molecule has 0 bridgehead atoms. The number of carbonyl (C=O) groups excluding carboxylic acids is 1. The fourth-order valence-corrected chi connectivity index (χ4v) is 2.88. The molecule has 2 rings (SSSR count). The van der Waals surface area contributed by atoms with E-state index in [0.717, 1.165) is 16.7 Å². The fourth-order valence-electron chi connectivity index (χ4n) is 2.15. The Morgan fingerprint density at radius 1 is 1.04 bits per heavy atom. The van der Waals surface area contributed by atoms with E-state index in [4.69, 9.17) is 0 Å². The summed E-state index contributed by atoms with van der Waals surface area (Å²) in [7, 11) is -2.06. The molecule has 2 aromatic carbocycles. The van der Waals surface area contributed by atoms with Gasteiger partial charge in [0, 0.05) is 6.54 Å². The third-order valence-corrected chi connectivity index (χ3v) is 5.03. The number of carbonyl (C=O) groups is 1. The van der Waals surface area contributed by atoms with Gasteiger partial charge < -0.3 is 5.32 Å². The van der Waals surface area contributed by atoms with Gasteiger partial charge in [0.2, 0.25) is 15.9 Å². The van der Waals surface area contributed by atoms with Crippen LogP contribution in [0.1, 0.15) is 16.7 Å². The molecule has 2 aromatic rings. The Kier molecular flexibility index (Phi) is 5.52. The van der Waals surface area contributed by atoms with Gasteiger partial charge in [-0.05, 0) is 42.8 Å². The van der Waals surface area contributed by atoms with E-state index in [9.17, 15) is 13.2 Å². The average molecular weight is 332 g/mol. The second-order valence-electron chi connectivity index (χ2n) is 5.23. The van der Waals surface area contributed by atoms with Gasteiger partial charge in [0.1, 0.15) is 0 Å². The summed E-state index contributed by atoms with van der Waals surface area (Å²) in [5, 5.41) is 2.84. The Balaban J connectivity index is 1.93. The van der Waals surface area contributed by atoms with Crippen molar-refractivity contribution in [2.24, 2.45) is 0 Å². The normalized spacial score (nSPS) is 11.2. The quantitative estimate of drug-likeness (QED) is 0.846. The van der Waals surface area contributed by atoms with Gasteiger partial charge in [-0.15, -0.1) is 0 Å². The molecule has 0 aliphatic rings. The summed E-state index contributed by atoms with van der Waals surface area (Å²) < 4.78 is 25.5. The first kappa shape index (κ1) is 17.2. The molecule has 0 unspecified atom stereocenters. The molecule has 0 aromatic heterocycles. The summed E-state index contributed by atoms with van der Waals surface area (Å²) in [6.07, 6.45) is 0.332. The minimum Gasteiger partial charge on any atom is -0.352 e. The van der Waals surface area contributed by atoms with E-state index in [0.29, 0.717) is 13.0 Å². The highest BCUT2D eigenvalue weighted by Crippen LogP contribution is 2.11. The lowest BCUT2D eigenvalue weighted by molar-refractivity contribution is -0.120. The molecular weight excluding hydrogens is 312 g/mol. The summed E-state index contributed by atoms with van der Waals surface area (Å²) >= 11 is 0. The van der Waals surface area contributed by atoms with Gasteiger partial charge in [-0.2, -0.15) is 0 Å². The Hall–Kier alpha value is -2.18. The predicted molar refractivity (Wildman–Crippen MR) is 89.4 cm³/mol. The summed E-state index contributed by atoms with van der Waals surface area (Å²) in [6.45, 7) is 2.34. The van der Waals surface area contributed by atoms with Crippen molar-refractivity contribution in [1.82, 2.24) is 10.0 Å². The van der Waals surface area contributed by atoms with Crippen molar-refractivity contribution in [1.29, 1.82) is 0 Å². The largest absolute Gasteiger partial charge is 0.352 e. The number of hydrogen-bond donors (Lipinski definition) is 2. The van der Waals surface area contributed by atoms with Crippen LogP contribution < -0.4 is 10.0 Å². The van der Waals surface area contributed by atoms with Crippen LogP contribution in [0, 0.1) is 6.92 Å². The first-order valence-corrected chi connectivity index (χ1v) is 8.74. The zero-order valence-corrected chi connectivity index (χ0v) is 14.0. The van der Waals surface area contributed by atoms with Crippen molar-refractivity contribution in [2.75, 3.05) is 7.05 Å². The summed E-state index contributed by atoms with van der Waals surface area (Å²) in [5.74, 6) is -0.0637. The van der Waals surface area contributed by atoms with Crippen molar-refractivity contribution in [3.8, 4) is 0 Å². The van der Waals surface area contributed by atoms with E-state index in [1.807, 2.05) is 31.2 Å². The second-order valence-corrected chi connectivity index (χ2v) is 7.12.